The van der Waals surface area contributed by atoms with Gasteiger partial charge in [-0.1, -0.05) is 18.2 Å². The Morgan fingerprint density at radius 1 is 0.900 bits per heavy atom. The van der Waals surface area contributed by atoms with E-state index in [1.165, 1.54) is 0 Å². The Kier molecular flexibility index (Phi) is 5.26. The molecule has 0 unspecified atom stereocenters. The lowest BCUT2D eigenvalue weighted by atomic mass is 9.83. The Morgan fingerprint density at radius 2 is 1.60 bits per heavy atom. The molecule has 0 bridgehead atoms. The summed E-state index contributed by atoms with van der Waals surface area (Å²) in [5, 5.41) is 3.00. The number of rotatable bonds is 1. The van der Waals surface area contributed by atoms with Crippen LogP contribution in [-0.2, 0) is 9.47 Å². The lowest BCUT2D eigenvalue weighted by molar-refractivity contribution is -0.148. The molecule has 1 spiro atoms. The first kappa shape index (κ1) is 19.6. The maximum absolute atomic E-state index is 13.0. The summed E-state index contributed by atoms with van der Waals surface area (Å²) in [5.74, 6) is 0. The van der Waals surface area contributed by atoms with E-state index in [1.807, 2.05) is 45.0 Å². The van der Waals surface area contributed by atoms with Crippen LogP contribution in [0.4, 0.5) is 15.3 Å². The number of ether oxygens (including phenoxy) is 2. The molecule has 4 heterocycles. The molecule has 9 heteroatoms. The second kappa shape index (κ2) is 8.05. The molecule has 0 aliphatic carbocycles. The second-order valence-corrected chi connectivity index (χ2v) is 8.56. The number of piperazine rings is 1. The molecular formula is C21H29N5O4. The molecule has 0 radical (unpaired) electrons. The molecule has 1 atom stereocenters. The number of likely N-dealkylation sites (tertiary alicyclic amines) is 1. The number of urea groups is 2. The molecule has 4 amide bonds. The summed E-state index contributed by atoms with van der Waals surface area (Å²) in [6.45, 7) is 7.21. The minimum atomic E-state index is -0.192. The topological polar surface area (TPSA) is 77.6 Å². The Morgan fingerprint density at radius 3 is 2.37 bits per heavy atom. The monoisotopic (exact) mass is 415 g/mol. The summed E-state index contributed by atoms with van der Waals surface area (Å²) in [4.78, 5) is 34.0. The molecule has 0 saturated carbocycles. The second-order valence-electron chi connectivity index (χ2n) is 8.56. The van der Waals surface area contributed by atoms with Crippen LogP contribution in [0.2, 0.25) is 0 Å². The van der Waals surface area contributed by atoms with Crippen LogP contribution < -0.4 is 5.32 Å². The van der Waals surface area contributed by atoms with Gasteiger partial charge in [0.15, 0.2) is 0 Å². The first-order valence-corrected chi connectivity index (χ1v) is 10.7. The van der Waals surface area contributed by atoms with E-state index in [2.05, 4.69) is 10.2 Å². The summed E-state index contributed by atoms with van der Waals surface area (Å²) in [6, 6.07) is 9.67. The number of fused-ring (bicyclic) bond motifs is 2. The number of amides is 4. The van der Waals surface area contributed by atoms with Crippen molar-refractivity contribution < 1.29 is 19.1 Å². The van der Waals surface area contributed by atoms with Crippen molar-refractivity contribution in [3.63, 3.8) is 0 Å². The van der Waals surface area contributed by atoms with E-state index < -0.39 is 0 Å². The number of carbonyl (C=O) groups is 2. The molecule has 162 valence electrons. The van der Waals surface area contributed by atoms with Crippen LogP contribution in [0.25, 0.3) is 0 Å². The van der Waals surface area contributed by atoms with Crippen LogP contribution in [-0.4, -0.2) is 115 Å². The molecule has 4 aliphatic heterocycles. The Balaban J connectivity index is 1.28. The average Bonchev–Trinajstić information content (AvgIpc) is 2.77. The Labute approximate surface area is 176 Å². The highest BCUT2D eigenvalue weighted by atomic mass is 16.5. The first-order chi connectivity index (χ1) is 14.6. The third-order valence-corrected chi connectivity index (χ3v) is 6.59. The zero-order valence-electron chi connectivity index (χ0n) is 17.2. The molecule has 1 aromatic carbocycles. The van der Waals surface area contributed by atoms with Gasteiger partial charge in [0.1, 0.15) is 0 Å². The zero-order chi connectivity index (χ0) is 20.6. The van der Waals surface area contributed by atoms with Crippen LogP contribution in [0.5, 0.6) is 0 Å². The molecule has 30 heavy (non-hydrogen) atoms. The van der Waals surface area contributed by atoms with Crippen molar-refractivity contribution >= 4 is 17.7 Å². The number of nitrogens with zero attached hydrogens (tertiary/aromatic N) is 4. The van der Waals surface area contributed by atoms with E-state index in [9.17, 15) is 9.59 Å². The highest BCUT2D eigenvalue weighted by Gasteiger charge is 2.56. The number of carbonyl (C=O) groups excluding carboxylic acids is 2. The van der Waals surface area contributed by atoms with Gasteiger partial charge >= 0.3 is 12.1 Å². The van der Waals surface area contributed by atoms with Crippen LogP contribution in [0.3, 0.4) is 0 Å². The molecule has 4 saturated heterocycles. The van der Waals surface area contributed by atoms with E-state index in [1.54, 1.807) is 0 Å². The number of hydrogen-bond acceptors (Lipinski definition) is 5. The van der Waals surface area contributed by atoms with Gasteiger partial charge in [0.2, 0.25) is 0 Å². The van der Waals surface area contributed by atoms with Crippen LogP contribution in [0.15, 0.2) is 30.3 Å². The maximum atomic E-state index is 13.0. The van der Waals surface area contributed by atoms with Gasteiger partial charge in [0, 0.05) is 51.5 Å². The average molecular weight is 415 g/mol. The third kappa shape index (κ3) is 3.61. The predicted molar refractivity (Wildman–Crippen MR) is 110 cm³/mol. The fraction of sp³-hybridized carbons (Fsp3) is 0.619. The summed E-state index contributed by atoms with van der Waals surface area (Å²) in [6.07, 6.45) is 0. The molecule has 4 fully saturated rings. The van der Waals surface area contributed by atoms with Crippen molar-refractivity contribution in [3.05, 3.63) is 30.3 Å². The van der Waals surface area contributed by atoms with Crippen molar-refractivity contribution in [2.24, 2.45) is 0 Å². The maximum Gasteiger partial charge on any atom is 0.321 e. The number of nitrogens with one attached hydrogen (secondary N) is 1. The summed E-state index contributed by atoms with van der Waals surface area (Å²) in [7, 11) is 0. The molecule has 9 nitrogen and oxygen atoms in total. The molecule has 5 rings (SSSR count). The minimum Gasteiger partial charge on any atom is -0.378 e. The number of morpholine rings is 2. The zero-order valence-corrected chi connectivity index (χ0v) is 17.2. The molecular weight excluding hydrogens is 386 g/mol. The Bertz CT molecular complexity index is 779. The third-order valence-electron chi connectivity index (χ3n) is 6.59. The van der Waals surface area contributed by atoms with Gasteiger partial charge in [-0.3, -0.25) is 4.90 Å². The summed E-state index contributed by atoms with van der Waals surface area (Å²) in [5.41, 5.74) is 0.597. The highest BCUT2D eigenvalue weighted by molar-refractivity contribution is 5.89. The van der Waals surface area contributed by atoms with Gasteiger partial charge in [0.05, 0.1) is 38.0 Å². The lowest BCUT2D eigenvalue weighted by Crippen LogP contribution is -2.82. The van der Waals surface area contributed by atoms with E-state index in [0.717, 1.165) is 12.2 Å². The van der Waals surface area contributed by atoms with Crippen molar-refractivity contribution in [3.8, 4) is 0 Å². The van der Waals surface area contributed by atoms with Crippen molar-refractivity contribution in [2.75, 3.05) is 77.6 Å². The van der Waals surface area contributed by atoms with Crippen molar-refractivity contribution in [1.82, 2.24) is 19.6 Å². The van der Waals surface area contributed by atoms with Gasteiger partial charge in [-0.2, -0.15) is 0 Å². The molecule has 1 aromatic rings. The number of para-hydroxylation sites is 1. The van der Waals surface area contributed by atoms with Crippen molar-refractivity contribution in [1.29, 1.82) is 0 Å². The van der Waals surface area contributed by atoms with Crippen LogP contribution in [0.1, 0.15) is 0 Å². The quantitative estimate of drug-likeness (QED) is 0.732. The first-order valence-electron chi connectivity index (χ1n) is 10.7. The summed E-state index contributed by atoms with van der Waals surface area (Å²) >= 11 is 0. The van der Waals surface area contributed by atoms with E-state index in [-0.39, 0.29) is 23.6 Å². The van der Waals surface area contributed by atoms with E-state index >= 15 is 0 Å². The SMILES string of the molecule is O=C(Nc1ccccc1)N1C[C@@H]2COCCN2C2(C1)CN(C(=O)N1CCOCC1)C2. The smallest absolute Gasteiger partial charge is 0.321 e. The molecule has 1 N–H and O–H groups in total. The number of benzene rings is 1. The molecule has 4 aliphatic rings. The Hall–Kier alpha value is -2.36. The van der Waals surface area contributed by atoms with Gasteiger partial charge in [-0.25, -0.2) is 9.59 Å². The van der Waals surface area contributed by atoms with Crippen molar-refractivity contribution in [2.45, 2.75) is 11.6 Å². The van der Waals surface area contributed by atoms with Gasteiger partial charge in [-0.05, 0) is 12.1 Å². The van der Waals surface area contributed by atoms with E-state index in [0.29, 0.717) is 65.7 Å². The normalized spacial score (nSPS) is 26.1. The fourth-order valence-electron chi connectivity index (χ4n) is 5.11. The number of hydrogen-bond donors (Lipinski definition) is 1. The van der Waals surface area contributed by atoms with E-state index in [4.69, 9.17) is 9.47 Å². The standard InChI is InChI=1S/C21H29N5O4/c27-19(22-17-4-2-1-3-5-17)24-12-18-13-30-11-8-26(18)21(14-24)15-25(16-21)20(28)23-6-9-29-10-7-23/h1-5,18H,6-16H2,(H,22,27)/t18-/m1/s1. The van der Waals surface area contributed by atoms with Gasteiger partial charge < -0.3 is 29.5 Å². The summed E-state index contributed by atoms with van der Waals surface area (Å²) < 4.78 is 11.1. The van der Waals surface area contributed by atoms with Crippen LogP contribution >= 0.6 is 0 Å². The van der Waals surface area contributed by atoms with Gasteiger partial charge in [0.25, 0.3) is 0 Å². The predicted octanol–water partition coefficient (Wildman–Crippen LogP) is 0.742. The number of anilines is 1. The largest absolute Gasteiger partial charge is 0.378 e. The highest BCUT2D eigenvalue weighted by Crippen LogP contribution is 2.36. The lowest BCUT2D eigenvalue weighted by Gasteiger charge is -2.63. The van der Waals surface area contributed by atoms with Crippen LogP contribution in [0, 0.1) is 0 Å². The fourth-order valence-corrected chi connectivity index (χ4v) is 5.11. The molecule has 0 aromatic heterocycles. The minimum absolute atomic E-state index is 0.0830. The van der Waals surface area contributed by atoms with Gasteiger partial charge in [-0.15, -0.1) is 0 Å².